The van der Waals surface area contributed by atoms with E-state index in [0.717, 1.165) is 5.75 Å². The first-order valence-electron chi connectivity index (χ1n) is 5.96. The second-order valence-electron chi connectivity index (χ2n) is 6.12. The molecule has 0 bridgehead atoms. The van der Waals surface area contributed by atoms with Crippen molar-refractivity contribution in [3.63, 3.8) is 0 Å². The van der Waals surface area contributed by atoms with Crippen molar-refractivity contribution < 1.29 is 4.74 Å². The Balaban J connectivity index is 3.58. The molecule has 1 nitrogen and oxygen atoms in total. The maximum atomic E-state index is 5.69. The fourth-order valence-electron chi connectivity index (χ4n) is 1.99. The third-order valence-electron chi connectivity index (χ3n) is 2.89. The van der Waals surface area contributed by atoms with E-state index in [-0.39, 0.29) is 4.32 Å². The molecule has 0 radical (unpaired) electrons. The molecule has 17 heavy (non-hydrogen) atoms. The van der Waals surface area contributed by atoms with Gasteiger partial charge >= 0.3 is 0 Å². The van der Waals surface area contributed by atoms with E-state index in [1.165, 1.54) is 16.3 Å². The summed E-state index contributed by atoms with van der Waals surface area (Å²) in [5.74, 6) is 1.07. The van der Waals surface area contributed by atoms with Crippen LogP contribution in [0.4, 0.5) is 0 Å². The molecule has 0 spiro atoms. The SMILES string of the molecule is COc1c(C(C)(C)Br)cc(C)cc1[Si](C)(C)C. The quantitative estimate of drug-likeness (QED) is 0.600. The van der Waals surface area contributed by atoms with Crippen LogP contribution in [-0.2, 0) is 4.32 Å². The van der Waals surface area contributed by atoms with Gasteiger partial charge in [0.15, 0.2) is 0 Å². The second-order valence-corrected chi connectivity index (χ2v) is 13.1. The standard InChI is InChI=1S/C14H23BrOSi/c1-10-8-11(14(2,3)15)13(16-4)12(9-10)17(5,6)7/h8-9H,1-7H3. The first kappa shape index (κ1) is 14.8. The molecule has 0 N–H and O–H groups in total. The molecule has 0 saturated carbocycles. The van der Waals surface area contributed by atoms with E-state index in [4.69, 9.17) is 4.74 Å². The molecule has 96 valence electrons. The summed E-state index contributed by atoms with van der Waals surface area (Å²) in [6, 6.07) is 4.50. The number of hydrogen-bond acceptors (Lipinski definition) is 1. The lowest BCUT2D eigenvalue weighted by molar-refractivity contribution is 0.409. The maximum absolute atomic E-state index is 5.69. The highest BCUT2D eigenvalue weighted by atomic mass is 79.9. The first-order chi connectivity index (χ1) is 7.57. The molecule has 0 aromatic heterocycles. The van der Waals surface area contributed by atoms with E-state index in [9.17, 15) is 0 Å². The summed E-state index contributed by atoms with van der Waals surface area (Å²) in [7, 11) is 0.388. The molecule has 0 saturated heterocycles. The number of aryl methyl sites for hydroxylation is 1. The van der Waals surface area contributed by atoms with E-state index in [2.05, 4.69) is 68.5 Å². The van der Waals surface area contributed by atoms with Gasteiger partial charge < -0.3 is 4.74 Å². The van der Waals surface area contributed by atoms with E-state index in [1.807, 2.05) is 0 Å². The van der Waals surface area contributed by atoms with Crippen molar-refractivity contribution >= 4 is 29.2 Å². The van der Waals surface area contributed by atoms with E-state index < -0.39 is 8.07 Å². The molecule has 0 aliphatic rings. The van der Waals surface area contributed by atoms with Crippen LogP contribution in [0.25, 0.3) is 0 Å². The van der Waals surface area contributed by atoms with Gasteiger partial charge in [-0.25, -0.2) is 0 Å². The second kappa shape index (κ2) is 4.77. The summed E-state index contributed by atoms with van der Waals surface area (Å²) >= 11 is 3.75. The Labute approximate surface area is 115 Å². The Bertz CT molecular complexity index is 378. The number of alkyl halides is 1. The van der Waals surface area contributed by atoms with Gasteiger partial charge in [0, 0.05) is 9.89 Å². The van der Waals surface area contributed by atoms with Crippen LogP contribution < -0.4 is 9.92 Å². The van der Waals surface area contributed by atoms with Gasteiger partial charge in [-0.05, 0) is 26.0 Å². The molecule has 0 amide bonds. The summed E-state index contributed by atoms with van der Waals surface area (Å²) < 4.78 is 5.63. The Kier molecular flexibility index (Phi) is 4.15. The molecule has 0 fully saturated rings. The van der Waals surface area contributed by atoms with Crippen LogP contribution in [0.3, 0.4) is 0 Å². The molecule has 0 unspecified atom stereocenters. The topological polar surface area (TPSA) is 9.23 Å². The zero-order chi connectivity index (χ0) is 13.4. The van der Waals surface area contributed by atoms with Crippen molar-refractivity contribution in [3.8, 4) is 5.75 Å². The molecule has 1 rings (SSSR count). The number of halogens is 1. The van der Waals surface area contributed by atoms with Crippen LogP contribution in [0.1, 0.15) is 25.0 Å². The molecular weight excluding hydrogens is 292 g/mol. The van der Waals surface area contributed by atoms with E-state index >= 15 is 0 Å². The minimum absolute atomic E-state index is 0.0568. The van der Waals surface area contributed by atoms with Crippen LogP contribution in [-0.4, -0.2) is 15.2 Å². The average Bonchev–Trinajstić information content (AvgIpc) is 2.13. The van der Waals surface area contributed by atoms with Crippen LogP contribution in [0.5, 0.6) is 5.75 Å². The van der Waals surface area contributed by atoms with Crippen molar-refractivity contribution in [1.29, 1.82) is 0 Å². The molecule has 0 heterocycles. The van der Waals surface area contributed by atoms with Gasteiger partial charge in [0.25, 0.3) is 0 Å². The predicted octanol–water partition coefficient (Wildman–Crippen LogP) is 4.18. The highest BCUT2D eigenvalue weighted by molar-refractivity contribution is 9.09. The van der Waals surface area contributed by atoms with Crippen molar-refractivity contribution in [1.82, 2.24) is 0 Å². The smallest absolute Gasteiger partial charge is 0.122 e. The molecule has 0 aliphatic heterocycles. The zero-order valence-corrected chi connectivity index (χ0v) is 14.5. The van der Waals surface area contributed by atoms with Crippen LogP contribution >= 0.6 is 15.9 Å². The predicted molar refractivity (Wildman–Crippen MR) is 82.7 cm³/mol. The van der Waals surface area contributed by atoms with Crippen molar-refractivity contribution in [3.05, 3.63) is 23.3 Å². The minimum atomic E-state index is -1.39. The largest absolute Gasteiger partial charge is 0.497 e. The van der Waals surface area contributed by atoms with Gasteiger partial charge in [0.1, 0.15) is 5.75 Å². The Morgan fingerprint density at radius 3 is 2.06 bits per heavy atom. The third-order valence-corrected chi connectivity index (χ3v) is 5.30. The number of hydrogen-bond donors (Lipinski definition) is 0. The molecule has 0 atom stereocenters. The first-order valence-corrected chi connectivity index (χ1v) is 10.2. The molecular formula is C14H23BrOSi. The number of benzene rings is 1. The van der Waals surface area contributed by atoms with E-state index in [1.54, 1.807) is 7.11 Å². The number of methoxy groups -OCH3 is 1. The summed E-state index contributed by atoms with van der Waals surface area (Å²) in [6.45, 7) is 13.6. The average molecular weight is 315 g/mol. The van der Waals surface area contributed by atoms with Gasteiger partial charge in [-0.3, -0.25) is 0 Å². The van der Waals surface area contributed by atoms with Gasteiger partial charge in [0.05, 0.1) is 15.2 Å². The van der Waals surface area contributed by atoms with Gasteiger partial charge in [-0.15, -0.1) is 0 Å². The maximum Gasteiger partial charge on any atom is 0.122 e. The van der Waals surface area contributed by atoms with E-state index in [0.29, 0.717) is 0 Å². The van der Waals surface area contributed by atoms with Crippen LogP contribution in [0.2, 0.25) is 19.6 Å². The highest BCUT2D eigenvalue weighted by Crippen LogP contribution is 2.37. The Morgan fingerprint density at radius 1 is 1.18 bits per heavy atom. The van der Waals surface area contributed by atoms with Crippen molar-refractivity contribution in [2.24, 2.45) is 0 Å². The van der Waals surface area contributed by atoms with Gasteiger partial charge in [0.2, 0.25) is 0 Å². The van der Waals surface area contributed by atoms with Crippen molar-refractivity contribution in [2.45, 2.75) is 44.7 Å². The number of ether oxygens (including phenoxy) is 1. The van der Waals surface area contributed by atoms with Crippen LogP contribution in [0.15, 0.2) is 12.1 Å². The monoisotopic (exact) mass is 314 g/mol. The normalized spacial score (nSPS) is 12.7. The Hall–Kier alpha value is -0.283. The van der Waals surface area contributed by atoms with Gasteiger partial charge in [-0.2, -0.15) is 0 Å². The lowest BCUT2D eigenvalue weighted by Gasteiger charge is -2.27. The summed E-state index contributed by atoms with van der Waals surface area (Å²) in [5, 5.41) is 1.41. The summed E-state index contributed by atoms with van der Waals surface area (Å²) in [6.07, 6.45) is 0. The van der Waals surface area contributed by atoms with Gasteiger partial charge in [-0.1, -0.05) is 53.3 Å². The zero-order valence-electron chi connectivity index (χ0n) is 11.9. The lowest BCUT2D eigenvalue weighted by Crippen LogP contribution is -2.39. The molecule has 3 heteroatoms. The lowest BCUT2D eigenvalue weighted by atomic mass is 9.99. The summed E-state index contributed by atoms with van der Waals surface area (Å²) in [5.41, 5.74) is 2.56. The molecule has 1 aromatic rings. The third kappa shape index (κ3) is 3.35. The summed E-state index contributed by atoms with van der Waals surface area (Å²) in [4.78, 5) is 0. The fraction of sp³-hybridized carbons (Fsp3) is 0.571. The van der Waals surface area contributed by atoms with Crippen LogP contribution in [0, 0.1) is 6.92 Å². The van der Waals surface area contributed by atoms with Crippen molar-refractivity contribution in [2.75, 3.05) is 7.11 Å². The fourth-order valence-corrected chi connectivity index (χ4v) is 3.86. The molecule has 0 aliphatic carbocycles. The highest BCUT2D eigenvalue weighted by Gasteiger charge is 2.28. The minimum Gasteiger partial charge on any atom is -0.497 e. The Morgan fingerprint density at radius 2 is 1.71 bits per heavy atom. The number of rotatable bonds is 3. The molecule has 1 aromatic carbocycles.